The number of rotatable bonds is 3. The lowest BCUT2D eigenvalue weighted by molar-refractivity contribution is -0.137. The molecule has 21 heavy (non-hydrogen) atoms. The van der Waals surface area contributed by atoms with E-state index >= 15 is 0 Å². The van der Waals surface area contributed by atoms with Crippen LogP contribution in [0, 0.1) is 5.92 Å². The predicted molar refractivity (Wildman–Crippen MR) is 72.6 cm³/mol. The number of nitrogens with zero attached hydrogens (tertiary/aromatic N) is 2. The summed E-state index contributed by atoms with van der Waals surface area (Å²) < 4.78 is 40.7. The van der Waals surface area contributed by atoms with Gasteiger partial charge in [-0.3, -0.25) is 0 Å². The van der Waals surface area contributed by atoms with Crippen LogP contribution in [0.1, 0.15) is 31.2 Å². The molecule has 1 heterocycles. The minimum absolute atomic E-state index is 0.125. The lowest BCUT2D eigenvalue weighted by Crippen LogP contribution is -2.19. The Morgan fingerprint density at radius 2 is 1.95 bits per heavy atom. The summed E-state index contributed by atoms with van der Waals surface area (Å²) in [7, 11) is 0. The Hall–Kier alpha value is -1.78. The van der Waals surface area contributed by atoms with E-state index in [-0.39, 0.29) is 5.54 Å². The van der Waals surface area contributed by atoms with Crippen molar-refractivity contribution in [3.63, 3.8) is 0 Å². The maximum absolute atomic E-state index is 12.9. The van der Waals surface area contributed by atoms with Crippen molar-refractivity contribution in [3.8, 4) is 11.4 Å². The van der Waals surface area contributed by atoms with Gasteiger partial charge in [0.25, 0.3) is 0 Å². The molecule has 0 spiro atoms. The Morgan fingerprint density at radius 1 is 1.19 bits per heavy atom. The summed E-state index contributed by atoms with van der Waals surface area (Å²) in [6, 6.07) is 5.46. The van der Waals surface area contributed by atoms with Gasteiger partial charge in [-0.1, -0.05) is 12.1 Å². The molecule has 0 unspecified atom stereocenters. The molecule has 2 aliphatic rings. The van der Waals surface area contributed by atoms with E-state index in [9.17, 15) is 13.2 Å². The number of hydrogen-bond acceptors (Lipinski definition) is 1. The first-order valence-electron chi connectivity index (χ1n) is 7.22. The Labute approximate surface area is 120 Å². The second-order valence-corrected chi connectivity index (χ2v) is 6.08. The zero-order valence-corrected chi connectivity index (χ0v) is 11.4. The highest BCUT2D eigenvalue weighted by Gasteiger charge is 2.55. The minimum atomic E-state index is -4.32. The van der Waals surface area contributed by atoms with E-state index in [1.165, 1.54) is 25.0 Å². The van der Waals surface area contributed by atoms with Gasteiger partial charge >= 0.3 is 6.18 Å². The fourth-order valence-corrected chi connectivity index (χ4v) is 3.31. The lowest BCUT2D eigenvalue weighted by atomic mass is 10.1. The molecule has 110 valence electrons. The molecule has 0 bridgehead atoms. The van der Waals surface area contributed by atoms with Crippen LogP contribution >= 0.6 is 0 Å². The molecule has 1 aromatic carbocycles. The van der Waals surface area contributed by atoms with Gasteiger partial charge in [0.15, 0.2) is 0 Å². The fraction of sp³-hybridized carbons (Fsp3) is 0.438. The first-order valence-corrected chi connectivity index (χ1v) is 7.22. The van der Waals surface area contributed by atoms with E-state index in [2.05, 4.69) is 9.55 Å². The molecule has 2 fully saturated rings. The monoisotopic (exact) mass is 292 g/mol. The Morgan fingerprint density at radius 3 is 2.57 bits per heavy atom. The molecule has 2 aliphatic carbocycles. The average molecular weight is 292 g/mol. The van der Waals surface area contributed by atoms with Gasteiger partial charge in [-0.05, 0) is 43.7 Å². The summed E-state index contributed by atoms with van der Waals surface area (Å²) in [6.07, 6.45) is 3.96. The van der Waals surface area contributed by atoms with E-state index in [0.717, 1.165) is 18.9 Å². The summed E-state index contributed by atoms with van der Waals surface area (Å²) in [5.41, 5.74) is 0.0487. The van der Waals surface area contributed by atoms with Crippen LogP contribution < -0.4 is 0 Å². The van der Waals surface area contributed by atoms with Crippen LogP contribution in [-0.4, -0.2) is 9.55 Å². The zero-order valence-electron chi connectivity index (χ0n) is 11.4. The van der Waals surface area contributed by atoms with Crippen molar-refractivity contribution in [1.29, 1.82) is 0 Å². The van der Waals surface area contributed by atoms with E-state index in [4.69, 9.17) is 0 Å². The van der Waals surface area contributed by atoms with E-state index in [0.29, 0.717) is 17.3 Å². The molecular formula is C16H15F3N2. The summed E-state index contributed by atoms with van der Waals surface area (Å²) in [5, 5.41) is 0. The Bertz CT molecular complexity index is 679. The molecule has 0 atom stereocenters. The summed E-state index contributed by atoms with van der Waals surface area (Å²) >= 11 is 0. The highest BCUT2D eigenvalue weighted by atomic mass is 19.4. The van der Waals surface area contributed by atoms with E-state index in [1.807, 2.05) is 6.20 Å². The average Bonchev–Trinajstić information content (AvgIpc) is 3.35. The fourth-order valence-electron chi connectivity index (χ4n) is 3.31. The molecule has 5 heteroatoms. The highest BCUT2D eigenvalue weighted by molar-refractivity contribution is 5.58. The van der Waals surface area contributed by atoms with Crippen LogP contribution in [-0.2, 0) is 11.7 Å². The molecule has 2 saturated carbocycles. The van der Waals surface area contributed by atoms with Gasteiger partial charge in [0, 0.05) is 23.5 Å². The molecule has 2 nitrogen and oxygen atoms in total. The normalized spacial score (nSPS) is 20.5. The number of halogens is 3. The molecule has 0 saturated heterocycles. The summed E-state index contributed by atoms with van der Waals surface area (Å²) in [4.78, 5) is 4.32. The van der Waals surface area contributed by atoms with Gasteiger partial charge in [-0.25, -0.2) is 4.98 Å². The standard InChI is InChI=1S/C16H15F3N2/c17-16(18,19)13-3-1-2-11(10-13)14-20-8-9-21(14)15(6-7-15)12-4-5-12/h1-3,8-10,12H,4-7H2. The smallest absolute Gasteiger partial charge is 0.325 e. The highest BCUT2D eigenvalue weighted by Crippen LogP contribution is 2.60. The summed E-state index contributed by atoms with van der Waals surface area (Å²) in [5.74, 6) is 1.33. The molecule has 0 N–H and O–H groups in total. The van der Waals surface area contributed by atoms with Gasteiger partial charge in [0.2, 0.25) is 0 Å². The summed E-state index contributed by atoms with van der Waals surface area (Å²) in [6.45, 7) is 0. The van der Waals surface area contributed by atoms with Gasteiger partial charge in [-0.2, -0.15) is 13.2 Å². The topological polar surface area (TPSA) is 17.8 Å². The largest absolute Gasteiger partial charge is 0.416 e. The number of imidazole rings is 1. The Balaban J connectivity index is 1.77. The van der Waals surface area contributed by atoms with Crippen molar-refractivity contribution in [2.24, 2.45) is 5.92 Å². The maximum Gasteiger partial charge on any atom is 0.416 e. The van der Waals surface area contributed by atoms with Crippen molar-refractivity contribution >= 4 is 0 Å². The van der Waals surface area contributed by atoms with Crippen molar-refractivity contribution < 1.29 is 13.2 Å². The van der Waals surface area contributed by atoms with Gasteiger partial charge in [-0.15, -0.1) is 0 Å². The third-order valence-electron chi connectivity index (χ3n) is 4.67. The quantitative estimate of drug-likeness (QED) is 0.816. The van der Waals surface area contributed by atoms with Crippen molar-refractivity contribution in [2.75, 3.05) is 0 Å². The molecule has 0 amide bonds. The van der Waals surface area contributed by atoms with Crippen molar-refractivity contribution in [3.05, 3.63) is 42.2 Å². The number of hydrogen-bond donors (Lipinski definition) is 0. The second-order valence-electron chi connectivity index (χ2n) is 6.08. The van der Waals surface area contributed by atoms with Crippen molar-refractivity contribution in [2.45, 2.75) is 37.4 Å². The number of benzene rings is 1. The van der Waals surface area contributed by atoms with Crippen LogP contribution in [0.2, 0.25) is 0 Å². The number of alkyl halides is 3. The molecular weight excluding hydrogens is 277 g/mol. The van der Waals surface area contributed by atoms with E-state index in [1.54, 1.807) is 12.3 Å². The molecule has 0 aliphatic heterocycles. The third kappa shape index (κ3) is 2.06. The van der Waals surface area contributed by atoms with Gasteiger partial charge in [0.1, 0.15) is 5.82 Å². The lowest BCUT2D eigenvalue weighted by Gasteiger charge is -2.20. The maximum atomic E-state index is 12.9. The van der Waals surface area contributed by atoms with Gasteiger partial charge < -0.3 is 4.57 Å². The first-order chi connectivity index (χ1) is 10.0. The van der Waals surface area contributed by atoms with Crippen LogP contribution in [0.25, 0.3) is 11.4 Å². The SMILES string of the molecule is FC(F)(F)c1cccc(-c2nccn2C2(C3CC3)CC2)c1. The first kappa shape index (κ1) is 12.9. The van der Waals surface area contributed by atoms with Crippen LogP contribution in [0.4, 0.5) is 13.2 Å². The predicted octanol–water partition coefficient (Wildman–Crippen LogP) is 4.47. The minimum Gasteiger partial charge on any atom is -0.325 e. The van der Waals surface area contributed by atoms with Crippen LogP contribution in [0.3, 0.4) is 0 Å². The molecule has 0 radical (unpaired) electrons. The van der Waals surface area contributed by atoms with Crippen molar-refractivity contribution in [1.82, 2.24) is 9.55 Å². The van der Waals surface area contributed by atoms with Gasteiger partial charge in [0.05, 0.1) is 5.56 Å². The molecule has 1 aromatic heterocycles. The van der Waals surface area contributed by atoms with Crippen LogP contribution in [0.15, 0.2) is 36.7 Å². The number of aromatic nitrogens is 2. The molecule has 2 aromatic rings. The zero-order chi connectivity index (χ0) is 14.7. The van der Waals surface area contributed by atoms with E-state index < -0.39 is 11.7 Å². The molecule has 4 rings (SSSR count). The van der Waals surface area contributed by atoms with Crippen LogP contribution in [0.5, 0.6) is 0 Å². The third-order valence-corrected chi connectivity index (χ3v) is 4.67. The Kier molecular flexibility index (Phi) is 2.53. The second kappa shape index (κ2) is 4.12.